The van der Waals surface area contributed by atoms with Crippen LogP contribution >= 0.6 is 0 Å². The highest BCUT2D eigenvalue weighted by molar-refractivity contribution is 5.84. The second-order valence-electron chi connectivity index (χ2n) is 4.53. The Hall–Kier alpha value is -2.08. The van der Waals surface area contributed by atoms with Gasteiger partial charge in [-0.1, -0.05) is 6.07 Å². The summed E-state index contributed by atoms with van der Waals surface area (Å²) in [7, 11) is 1.37. The van der Waals surface area contributed by atoms with Gasteiger partial charge in [-0.05, 0) is 37.1 Å². The van der Waals surface area contributed by atoms with Crippen molar-refractivity contribution < 1.29 is 24.2 Å². The average molecular weight is 281 g/mol. The molecule has 6 nitrogen and oxygen atoms in total. The molecule has 0 spiro atoms. The third kappa shape index (κ3) is 5.27. The summed E-state index contributed by atoms with van der Waals surface area (Å²) in [5.74, 6) is -1.07. The van der Waals surface area contributed by atoms with E-state index in [1.165, 1.54) is 7.11 Å². The average Bonchev–Trinajstić information content (AvgIpc) is 2.34. The summed E-state index contributed by atoms with van der Waals surface area (Å²) >= 11 is 0. The van der Waals surface area contributed by atoms with Crippen LogP contribution in [0.15, 0.2) is 18.2 Å². The Balaban J connectivity index is 2.52. The van der Waals surface area contributed by atoms with Crippen LogP contribution in [0.25, 0.3) is 0 Å². The summed E-state index contributed by atoms with van der Waals surface area (Å²) in [4.78, 5) is 22.5. The molecular weight excluding hydrogens is 262 g/mol. The molecule has 1 unspecified atom stereocenters. The van der Waals surface area contributed by atoms with Gasteiger partial charge in [0.05, 0.1) is 6.61 Å². The zero-order valence-electron chi connectivity index (χ0n) is 11.8. The summed E-state index contributed by atoms with van der Waals surface area (Å²) < 4.78 is 10.1. The van der Waals surface area contributed by atoms with Crippen LogP contribution in [-0.4, -0.2) is 43.3 Å². The van der Waals surface area contributed by atoms with Crippen LogP contribution in [0.4, 0.5) is 0 Å². The monoisotopic (exact) mass is 281 g/mol. The van der Waals surface area contributed by atoms with E-state index in [4.69, 9.17) is 14.6 Å². The Labute approximate surface area is 117 Å². The molecule has 1 atom stereocenters. The Morgan fingerprint density at radius 1 is 1.25 bits per heavy atom. The molecule has 1 aromatic carbocycles. The summed E-state index contributed by atoms with van der Waals surface area (Å²) in [6, 6.07) is 4.54. The number of carbonyl (C=O) groups is 2. The topological polar surface area (TPSA) is 84.9 Å². The van der Waals surface area contributed by atoms with E-state index in [-0.39, 0.29) is 13.2 Å². The molecule has 0 aliphatic carbocycles. The zero-order chi connectivity index (χ0) is 15.1. The summed E-state index contributed by atoms with van der Waals surface area (Å²) in [5, 5.41) is 11.2. The predicted molar refractivity (Wildman–Crippen MR) is 72.9 cm³/mol. The molecular formula is C14H19NO5. The van der Waals surface area contributed by atoms with Gasteiger partial charge >= 0.3 is 5.97 Å². The van der Waals surface area contributed by atoms with E-state index < -0.39 is 17.9 Å². The van der Waals surface area contributed by atoms with Crippen LogP contribution in [0.5, 0.6) is 5.75 Å². The largest absolute Gasteiger partial charge is 0.484 e. The first-order chi connectivity index (χ1) is 9.42. The van der Waals surface area contributed by atoms with Gasteiger partial charge in [0.1, 0.15) is 5.75 Å². The number of carboxylic acid groups (broad SMARTS) is 1. The number of methoxy groups -OCH3 is 1. The van der Waals surface area contributed by atoms with Crippen molar-refractivity contribution in [2.24, 2.45) is 0 Å². The number of hydrogen-bond acceptors (Lipinski definition) is 4. The quantitative estimate of drug-likeness (QED) is 0.775. The van der Waals surface area contributed by atoms with Gasteiger partial charge < -0.3 is 19.9 Å². The molecule has 6 heteroatoms. The highest BCUT2D eigenvalue weighted by Crippen LogP contribution is 2.15. The predicted octanol–water partition coefficient (Wildman–Crippen LogP) is 0.898. The highest BCUT2D eigenvalue weighted by Gasteiger charge is 2.19. The molecule has 0 saturated heterocycles. The van der Waals surface area contributed by atoms with Gasteiger partial charge in [0, 0.05) is 7.11 Å². The molecule has 0 fully saturated rings. The van der Waals surface area contributed by atoms with E-state index in [0.717, 1.165) is 11.1 Å². The van der Waals surface area contributed by atoms with Crippen molar-refractivity contribution in [3.8, 4) is 5.75 Å². The SMILES string of the molecule is COCC(NC(=O)COc1cc(C)cc(C)c1)C(=O)O. The fourth-order valence-corrected chi connectivity index (χ4v) is 1.74. The Morgan fingerprint density at radius 3 is 2.35 bits per heavy atom. The van der Waals surface area contributed by atoms with Crippen LogP contribution in [0.2, 0.25) is 0 Å². The second-order valence-corrected chi connectivity index (χ2v) is 4.53. The minimum absolute atomic E-state index is 0.0926. The number of rotatable bonds is 7. The fourth-order valence-electron chi connectivity index (χ4n) is 1.74. The molecule has 0 saturated carbocycles. The van der Waals surface area contributed by atoms with Crippen molar-refractivity contribution in [2.75, 3.05) is 20.3 Å². The van der Waals surface area contributed by atoms with Gasteiger partial charge in [0.25, 0.3) is 5.91 Å². The number of aliphatic carboxylic acids is 1. The number of benzene rings is 1. The van der Waals surface area contributed by atoms with Gasteiger partial charge in [-0.15, -0.1) is 0 Å². The number of ether oxygens (including phenoxy) is 2. The first-order valence-corrected chi connectivity index (χ1v) is 6.14. The standard InChI is InChI=1S/C14H19NO5/c1-9-4-10(2)6-11(5-9)20-8-13(16)15-12(7-19-3)14(17)18/h4-6,12H,7-8H2,1-3H3,(H,15,16)(H,17,18). The molecule has 0 aliphatic rings. The third-order valence-electron chi connectivity index (χ3n) is 2.53. The lowest BCUT2D eigenvalue weighted by molar-refractivity contribution is -0.143. The maximum Gasteiger partial charge on any atom is 0.328 e. The first-order valence-electron chi connectivity index (χ1n) is 6.14. The molecule has 2 N–H and O–H groups in total. The van der Waals surface area contributed by atoms with E-state index in [0.29, 0.717) is 5.75 Å². The van der Waals surface area contributed by atoms with E-state index in [2.05, 4.69) is 5.32 Å². The Bertz CT molecular complexity index is 466. The summed E-state index contributed by atoms with van der Waals surface area (Å²) in [5.41, 5.74) is 2.06. The minimum Gasteiger partial charge on any atom is -0.484 e. The van der Waals surface area contributed by atoms with Crippen molar-refractivity contribution >= 4 is 11.9 Å². The maximum atomic E-state index is 11.6. The van der Waals surface area contributed by atoms with Crippen LogP contribution in [-0.2, 0) is 14.3 Å². The lowest BCUT2D eigenvalue weighted by Gasteiger charge is -2.14. The van der Waals surface area contributed by atoms with Crippen molar-refractivity contribution in [2.45, 2.75) is 19.9 Å². The second kappa shape index (κ2) is 7.49. The smallest absolute Gasteiger partial charge is 0.328 e. The van der Waals surface area contributed by atoms with Crippen LogP contribution < -0.4 is 10.1 Å². The Morgan fingerprint density at radius 2 is 1.85 bits per heavy atom. The summed E-state index contributed by atoms with van der Waals surface area (Å²) in [6.07, 6.45) is 0. The van der Waals surface area contributed by atoms with Gasteiger partial charge in [-0.2, -0.15) is 0 Å². The van der Waals surface area contributed by atoms with Crippen LogP contribution in [0, 0.1) is 13.8 Å². The molecule has 110 valence electrons. The zero-order valence-corrected chi connectivity index (χ0v) is 11.8. The Kier molecular flexibility index (Phi) is 5.99. The molecule has 0 heterocycles. The number of nitrogens with one attached hydrogen (secondary N) is 1. The van der Waals surface area contributed by atoms with E-state index >= 15 is 0 Å². The van der Waals surface area contributed by atoms with Crippen molar-refractivity contribution in [1.82, 2.24) is 5.32 Å². The molecule has 0 bridgehead atoms. The lowest BCUT2D eigenvalue weighted by Crippen LogP contribution is -2.45. The van der Waals surface area contributed by atoms with E-state index in [9.17, 15) is 9.59 Å². The van der Waals surface area contributed by atoms with E-state index in [1.807, 2.05) is 32.0 Å². The first kappa shape index (κ1) is 16.0. The molecule has 0 aromatic heterocycles. The van der Waals surface area contributed by atoms with Gasteiger partial charge in [-0.3, -0.25) is 4.79 Å². The molecule has 1 rings (SSSR count). The molecule has 1 amide bonds. The highest BCUT2D eigenvalue weighted by atomic mass is 16.5. The van der Waals surface area contributed by atoms with E-state index in [1.54, 1.807) is 0 Å². The molecule has 0 radical (unpaired) electrons. The molecule has 20 heavy (non-hydrogen) atoms. The van der Waals surface area contributed by atoms with Crippen molar-refractivity contribution in [1.29, 1.82) is 0 Å². The van der Waals surface area contributed by atoms with Gasteiger partial charge in [0.2, 0.25) is 0 Å². The van der Waals surface area contributed by atoms with Crippen molar-refractivity contribution in [3.05, 3.63) is 29.3 Å². The van der Waals surface area contributed by atoms with Crippen LogP contribution in [0.3, 0.4) is 0 Å². The van der Waals surface area contributed by atoms with Gasteiger partial charge in [-0.25, -0.2) is 4.79 Å². The fraction of sp³-hybridized carbons (Fsp3) is 0.429. The van der Waals surface area contributed by atoms with Crippen LogP contribution in [0.1, 0.15) is 11.1 Å². The van der Waals surface area contributed by atoms with Crippen molar-refractivity contribution in [3.63, 3.8) is 0 Å². The number of amides is 1. The normalized spacial score (nSPS) is 11.8. The maximum absolute atomic E-state index is 11.6. The minimum atomic E-state index is -1.15. The number of carbonyl (C=O) groups excluding carboxylic acids is 1. The lowest BCUT2D eigenvalue weighted by atomic mass is 10.1. The number of hydrogen-bond donors (Lipinski definition) is 2. The molecule has 0 aliphatic heterocycles. The third-order valence-corrected chi connectivity index (χ3v) is 2.53. The number of carboxylic acids is 1. The summed E-state index contributed by atoms with van der Waals surface area (Å²) in [6.45, 7) is 3.53. The van der Waals surface area contributed by atoms with Gasteiger partial charge in [0.15, 0.2) is 12.6 Å². The number of aryl methyl sites for hydroxylation is 2. The molecule has 1 aromatic rings.